The Bertz CT molecular complexity index is 1700. The molecular formula is C34H37N5O8. The lowest BCUT2D eigenvalue weighted by Crippen LogP contribution is -2.28. The fraction of sp³-hybridized carbons (Fsp3) is 0.294. The Morgan fingerprint density at radius 2 is 1.70 bits per heavy atom. The number of amidine groups is 1. The Balaban J connectivity index is 1.77. The number of nitrogens with one attached hydrogen (secondary N) is 3. The summed E-state index contributed by atoms with van der Waals surface area (Å²) in [6.45, 7) is 8.88. The molecule has 0 bridgehead atoms. The minimum Gasteiger partial charge on any atom is -0.496 e. The lowest BCUT2D eigenvalue weighted by atomic mass is 9.94. The fourth-order valence-corrected chi connectivity index (χ4v) is 4.47. The van der Waals surface area contributed by atoms with E-state index in [2.05, 4.69) is 22.2 Å². The number of nitrogen functional groups attached to an aromatic ring is 1. The summed E-state index contributed by atoms with van der Waals surface area (Å²) in [5, 5.41) is 13.2. The third-order valence-corrected chi connectivity index (χ3v) is 7.01. The molecule has 1 aliphatic rings. The molecule has 13 nitrogen and oxygen atoms in total. The van der Waals surface area contributed by atoms with Crippen LogP contribution in [0.15, 0.2) is 55.1 Å². The SMILES string of the molecule is C=Cc1cc(C(=O)Nc2ccc(C(=N)N)cc2)c(-c2ccc(C(=O)NCC3CC3)nc2C(=O)OC(C)OC(=O)OC(C)C)cc1OC. The molecule has 1 fully saturated rings. The van der Waals surface area contributed by atoms with Crippen LogP contribution in [0, 0.1) is 11.3 Å². The number of hydrogen-bond acceptors (Lipinski definition) is 10. The third-order valence-electron chi connectivity index (χ3n) is 7.01. The molecule has 1 aromatic heterocycles. The van der Waals surface area contributed by atoms with Crippen LogP contribution in [-0.4, -0.2) is 60.8 Å². The molecule has 2 aromatic carbocycles. The van der Waals surface area contributed by atoms with Crippen LogP contribution in [0.5, 0.6) is 5.75 Å². The number of nitrogens with zero attached hydrogens (tertiary/aromatic N) is 1. The second kappa shape index (κ2) is 15.0. The smallest absolute Gasteiger partial charge is 0.496 e. The van der Waals surface area contributed by atoms with Crippen LogP contribution in [0.4, 0.5) is 10.5 Å². The number of anilines is 1. The molecule has 1 aliphatic carbocycles. The summed E-state index contributed by atoms with van der Waals surface area (Å²) in [5.41, 5.74) is 7.04. The largest absolute Gasteiger partial charge is 0.511 e. The molecule has 5 N–H and O–H groups in total. The van der Waals surface area contributed by atoms with E-state index in [1.807, 2.05) is 0 Å². The fourth-order valence-electron chi connectivity index (χ4n) is 4.47. The lowest BCUT2D eigenvalue weighted by Gasteiger charge is -2.18. The summed E-state index contributed by atoms with van der Waals surface area (Å²) >= 11 is 0. The first kappa shape index (κ1) is 34.2. The zero-order valence-corrected chi connectivity index (χ0v) is 26.5. The van der Waals surface area contributed by atoms with Crippen LogP contribution < -0.4 is 21.1 Å². The molecule has 1 unspecified atom stereocenters. The number of carbonyl (C=O) groups is 4. The van der Waals surface area contributed by atoms with Crippen molar-refractivity contribution >= 4 is 41.5 Å². The molecule has 1 atom stereocenters. The number of ether oxygens (including phenoxy) is 4. The van der Waals surface area contributed by atoms with Gasteiger partial charge in [0.05, 0.1) is 13.2 Å². The van der Waals surface area contributed by atoms with Crippen molar-refractivity contribution in [3.8, 4) is 16.9 Å². The van der Waals surface area contributed by atoms with E-state index in [9.17, 15) is 19.2 Å². The predicted octanol–water partition coefficient (Wildman–Crippen LogP) is 5.14. The molecule has 47 heavy (non-hydrogen) atoms. The highest BCUT2D eigenvalue weighted by Crippen LogP contribution is 2.35. The number of carbonyl (C=O) groups excluding carboxylic acids is 4. The van der Waals surface area contributed by atoms with Crippen molar-refractivity contribution in [1.82, 2.24) is 10.3 Å². The van der Waals surface area contributed by atoms with Gasteiger partial charge in [-0.2, -0.15) is 0 Å². The zero-order valence-electron chi connectivity index (χ0n) is 26.5. The summed E-state index contributed by atoms with van der Waals surface area (Å²) < 4.78 is 20.9. The van der Waals surface area contributed by atoms with Gasteiger partial charge in [0, 0.05) is 47.0 Å². The van der Waals surface area contributed by atoms with Crippen molar-refractivity contribution in [1.29, 1.82) is 5.41 Å². The van der Waals surface area contributed by atoms with E-state index in [-0.39, 0.29) is 33.9 Å². The molecule has 0 radical (unpaired) electrons. The minimum atomic E-state index is -1.38. The summed E-state index contributed by atoms with van der Waals surface area (Å²) in [6, 6.07) is 12.4. The number of benzene rings is 2. The van der Waals surface area contributed by atoms with Crippen LogP contribution in [0.3, 0.4) is 0 Å². The van der Waals surface area contributed by atoms with Crippen LogP contribution in [0.1, 0.15) is 76.1 Å². The van der Waals surface area contributed by atoms with Gasteiger partial charge in [0.15, 0.2) is 5.69 Å². The molecule has 13 heteroatoms. The Labute approximate surface area is 271 Å². The van der Waals surface area contributed by atoms with Crippen LogP contribution >= 0.6 is 0 Å². The van der Waals surface area contributed by atoms with E-state index in [1.165, 1.54) is 32.2 Å². The number of amides is 2. The lowest BCUT2D eigenvalue weighted by molar-refractivity contribution is -0.0868. The summed E-state index contributed by atoms with van der Waals surface area (Å²) in [4.78, 5) is 56.7. The Morgan fingerprint density at radius 3 is 2.30 bits per heavy atom. The van der Waals surface area contributed by atoms with E-state index < -0.39 is 36.3 Å². The van der Waals surface area contributed by atoms with Crippen LogP contribution in [0.2, 0.25) is 0 Å². The Kier molecular flexibility index (Phi) is 10.9. The molecular weight excluding hydrogens is 606 g/mol. The van der Waals surface area contributed by atoms with Gasteiger partial charge in [-0.25, -0.2) is 14.6 Å². The Morgan fingerprint density at radius 1 is 1.00 bits per heavy atom. The molecule has 3 aromatic rings. The van der Waals surface area contributed by atoms with E-state index in [0.29, 0.717) is 35.0 Å². The second-order valence-corrected chi connectivity index (χ2v) is 11.0. The number of nitrogens with two attached hydrogens (primary N) is 1. The van der Waals surface area contributed by atoms with Crippen LogP contribution in [0.25, 0.3) is 17.2 Å². The van der Waals surface area contributed by atoms with Gasteiger partial charge in [-0.3, -0.25) is 15.0 Å². The number of methoxy groups -OCH3 is 1. The van der Waals surface area contributed by atoms with Gasteiger partial charge in [-0.1, -0.05) is 12.7 Å². The second-order valence-electron chi connectivity index (χ2n) is 11.0. The van der Waals surface area contributed by atoms with E-state index >= 15 is 0 Å². The molecule has 246 valence electrons. The number of hydrogen-bond donors (Lipinski definition) is 4. The van der Waals surface area contributed by atoms with Crippen molar-refractivity contribution in [3.63, 3.8) is 0 Å². The molecule has 0 saturated heterocycles. The first-order valence-corrected chi connectivity index (χ1v) is 14.9. The standard InChI is InChI=1S/C34H37N5O8/c1-6-21-15-26(31(40)38-23-11-9-22(10-12-23)30(35)36)25(16-28(21)44-5)24-13-14-27(32(41)37-17-20-7-8-20)39-29(24)33(42)46-19(4)47-34(43)45-18(2)3/h6,9-16,18-20H,1,7-8,17H2,2-5H3,(H3,35,36)(H,37,41)(H,38,40). The summed E-state index contributed by atoms with van der Waals surface area (Å²) in [6.07, 6.45) is 0.674. The zero-order chi connectivity index (χ0) is 34.2. The highest BCUT2D eigenvalue weighted by atomic mass is 16.8. The molecule has 2 amide bonds. The highest BCUT2D eigenvalue weighted by Gasteiger charge is 2.28. The number of aromatic nitrogens is 1. The average molecular weight is 644 g/mol. The summed E-state index contributed by atoms with van der Waals surface area (Å²) in [5.74, 6) is -1.45. The molecule has 1 heterocycles. The van der Waals surface area contributed by atoms with Gasteiger partial charge in [0.1, 0.15) is 17.3 Å². The van der Waals surface area contributed by atoms with Crippen molar-refractivity contribution in [3.05, 3.63) is 83.2 Å². The van der Waals surface area contributed by atoms with E-state index in [0.717, 1.165) is 12.8 Å². The van der Waals surface area contributed by atoms with Crippen molar-refractivity contribution in [2.45, 2.75) is 46.0 Å². The van der Waals surface area contributed by atoms with Gasteiger partial charge >= 0.3 is 12.1 Å². The van der Waals surface area contributed by atoms with Gasteiger partial charge in [-0.05, 0) is 81.1 Å². The number of rotatable bonds is 13. The normalized spacial score (nSPS) is 12.8. The van der Waals surface area contributed by atoms with Gasteiger partial charge < -0.3 is 35.3 Å². The van der Waals surface area contributed by atoms with Gasteiger partial charge in [-0.15, -0.1) is 0 Å². The van der Waals surface area contributed by atoms with Crippen molar-refractivity contribution < 1.29 is 38.1 Å². The maximum absolute atomic E-state index is 13.8. The molecule has 1 saturated carbocycles. The number of esters is 1. The first-order chi connectivity index (χ1) is 22.4. The highest BCUT2D eigenvalue weighted by molar-refractivity contribution is 6.11. The van der Waals surface area contributed by atoms with E-state index in [4.69, 9.17) is 30.1 Å². The van der Waals surface area contributed by atoms with E-state index in [1.54, 1.807) is 50.2 Å². The van der Waals surface area contributed by atoms with Crippen molar-refractivity contribution in [2.24, 2.45) is 11.7 Å². The minimum absolute atomic E-state index is 0.0552. The topological polar surface area (TPSA) is 192 Å². The van der Waals surface area contributed by atoms with Gasteiger partial charge in [0.2, 0.25) is 6.29 Å². The number of pyridine rings is 1. The Hall–Kier alpha value is -5.72. The van der Waals surface area contributed by atoms with Crippen LogP contribution in [-0.2, 0) is 14.2 Å². The maximum Gasteiger partial charge on any atom is 0.511 e. The first-order valence-electron chi connectivity index (χ1n) is 14.9. The maximum atomic E-state index is 13.8. The summed E-state index contributed by atoms with van der Waals surface area (Å²) in [7, 11) is 1.44. The average Bonchev–Trinajstić information content (AvgIpc) is 3.87. The quantitative estimate of drug-likeness (QED) is 0.0839. The third kappa shape index (κ3) is 8.93. The van der Waals surface area contributed by atoms with Gasteiger partial charge in [0.25, 0.3) is 11.8 Å². The molecule has 0 aliphatic heterocycles. The molecule has 4 rings (SSSR count). The van der Waals surface area contributed by atoms with Crippen molar-refractivity contribution in [2.75, 3.05) is 19.0 Å². The monoisotopic (exact) mass is 643 g/mol. The predicted molar refractivity (Wildman–Crippen MR) is 174 cm³/mol. The molecule has 0 spiro atoms.